The molecule has 1 aromatic heterocycles. The number of aromatic nitrogens is 3. The van der Waals surface area contributed by atoms with Gasteiger partial charge < -0.3 is 5.32 Å². The third kappa shape index (κ3) is 1.43. The molecule has 1 saturated carbocycles. The lowest BCUT2D eigenvalue weighted by molar-refractivity contribution is 0.379. The fourth-order valence-corrected chi connectivity index (χ4v) is 2.18. The van der Waals surface area contributed by atoms with Crippen LogP contribution in [0.5, 0.6) is 0 Å². The molecule has 0 amide bonds. The van der Waals surface area contributed by atoms with Crippen molar-refractivity contribution >= 4 is 0 Å². The van der Waals surface area contributed by atoms with Crippen molar-refractivity contribution in [1.29, 1.82) is 0 Å². The Balaban J connectivity index is 1.82. The van der Waals surface area contributed by atoms with Crippen molar-refractivity contribution in [2.24, 2.45) is 0 Å². The summed E-state index contributed by atoms with van der Waals surface area (Å²) >= 11 is 0. The van der Waals surface area contributed by atoms with Gasteiger partial charge in [0, 0.05) is 0 Å². The van der Waals surface area contributed by atoms with Crippen molar-refractivity contribution in [3.8, 4) is 0 Å². The van der Waals surface area contributed by atoms with Crippen molar-refractivity contribution in [1.82, 2.24) is 20.1 Å². The first-order chi connectivity index (χ1) is 6.95. The van der Waals surface area contributed by atoms with Crippen LogP contribution in [-0.4, -0.2) is 21.3 Å². The fraction of sp³-hybridized carbons (Fsp3) is 0.800. The molecule has 14 heavy (non-hydrogen) atoms. The molecule has 2 aliphatic rings. The van der Waals surface area contributed by atoms with E-state index < -0.39 is 0 Å². The topological polar surface area (TPSA) is 42.7 Å². The number of nitrogens with one attached hydrogen (secondary N) is 1. The Labute approximate surface area is 83.7 Å². The van der Waals surface area contributed by atoms with E-state index in [1.54, 1.807) is 6.33 Å². The quantitative estimate of drug-likeness (QED) is 0.770. The summed E-state index contributed by atoms with van der Waals surface area (Å²) in [5.74, 6) is 1.16. The number of nitrogens with zero attached hydrogens (tertiary/aromatic N) is 3. The van der Waals surface area contributed by atoms with Crippen molar-refractivity contribution in [3.63, 3.8) is 0 Å². The largest absolute Gasteiger partial charge is 0.307 e. The summed E-state index contributed by atoms with van der Waals surface area (Å²) in [5, 5.41) is 7.84. The molecule has 0 bridgehead atoms. The maximum Gasteiger partial charge on any atom is 0.144 e. The van der Waals surface area contributed by atoms with E-state index >= 15 is 0 Å². The smallest absolute Gasteiger partial charge is 0.144 e. The van der Waals surface area contributed by atoms with Crippen LogP contribution in [0.2, 0.25) is 0 Å². The van der Waals surface area contributed by atoms with Crippen LogP contribution in [0.1, 0.15) is 50.0 Å². The molecule has 2 heterocycles. The van der Waals surface area contributed by atoms with E-state index in [-0.39, 0.29) is 0 Å². The molecule has 1 aliphatic heterocycles. The Morgan fingerprint density at radius 1 is 1.29 bits per heavy atom. The maximum absolute atomic E-state index is 4.39. The summed E-state index contributed by atoms with van der Waals surface area (Å²) in [6.07, 6.45) is 8.09. The molecule has 0 aromatic carbocycles. The molecule has 1 saturated heterocycles. The zero-order valence-corrected chi connectivity index (χ0v) is 8.32. The average Bonchev–Trinajstić information content (AvgIpc) is 2.98. The molecule has 1 aliphatic carbocycles. The second kappa shape index (κ2) is 3.35. The Kier molecular flexibility index (Phi) is 2.01. The van der Waals surface area contributed by atoms with Gasteiger partial charge >= 0.3 is 0 Å². The zero-order valence-electron chi connectivity index (χ0n) is 8.32. The lowest BCUT2D eigenvalue weighted by Gasteiger charge is -2.22. The van der Waals surface area contributed by atoms with E-state index in [0.29, 0.717) is 12.1 Å². The van der Waals surface area contributed by atoms with E-state index in [2.05, 4.69) is 20.1 Å². The van der Waals surface area contributed by atoms with Crippen LogP contribution in [0, 0.1) is 0 Å². The number of rotatable bonds is 2. The maximum atomic E-state index is 4.39. The zero-order chi connectivity index (χ0) is 9.38. The molecule has 4 heteroatoms. The van der Waals surface area contributed by atoms with Crippen LogP contribution < -0.4 is 5.32 Å². The summed E-state index contributed by atoms with van der Waals surface area (Å²) in [6, 6.07) is 1.10. The van der Waals surface area contributed by atoms with Crippen LogP contribution in [0.3, 0.4) is 0 Å². The molecular weight excluding hydrogens is 176 g/mol. The van der Waals surface area contributed by atoms with E-state index in [4.69, 9.17) is 0 Å². The molecule has 76 valence electrons. The minimum Gasteiger partial charge on any atom is -0.307 e. The SMILES string of the molecule is c1nc(C2CCCCN2)n(C2CC2)n1. The van der Waals surface area contributed by atoms with Gasteiger partial charge in [0.05, 0.1) is 12.1 Å². The minimum absolute atomic E-state index is 0.451. The summed E-state index contributed by atoms with van der Waals surface area (Å²) in [7, 11) is 0. The molecule has 1 atom stereocenters. The van der Waals surface area contributed by atoms with Crippen molar-refractivity contribution in [2.45, 2.75) is 44.2 Å². The fourth-order valence-electron chi connectivity index (χ4n) is 2.18. The predicted molar refractivity (Wildman–Crippen MR) is 52.9 cm³/mol. The molecule has 3 rings (SSSR count). The van der Waals surface area contributed by atoms with E-state index in [9.17, 15) is 0 Å². The minimum atomic E-state index is 0.451. The summed E-state index contributed by atoms with van der Waals surface area (Å²) < 4.78 is 2.13. The predicted octanol–water partition coefficient (Wildman–Crippen LogP) is 1.43. The standard InChI is InChI=1S/C10H16N4/c1-2-6-11-9(3-1)10-12-7-13-14(10)8-4-5-8/h7-9,11H,1-6H2. The molecule has 2 fully saturated rings. The van der Waals surface area contributed by atoms with Gasteiger partial charge in [-0.15, -0.1) is 0 Å². The van der Waals surface area contributed by atoms with E-state index in [1.165, 1.54) is 32.1 Å². The second-order valence-electron chi connectivity index (χ2n) is 4.30. The first-order valence-corrected chi connectivity index (χ1v) is 5.58. The molecule has 1 aromatic rings. The van der Waals surface area contributed by atoms with Crippen molar-refractivity contribution < 1.29 is 0 Å². The van der Waals surface area contributed by atoms with Crippen LogP contribution in [0.15, 0.2) is 6.33 Å². The van der Waals surface area contributed by atoms with Gasteiger partial charge in [-0.1, -0.05) is 6.42 Å². The molecule has 1 N–H and O–H groups in total. The highest BCUT2D eigenvalue weighted by molar-refractivity contribution is 5.00. The van der Waals surface area contributed by atoms with Gasteiger partial charge in [0.2, 0.25) is 0 Å². The number of hydrogen-bond acceptors (Lipinski definition) is 3. The highest BCUT2D eigenvalue weighted by Gasteiger charge is 2.30. The van der Waals surface area contributed by atoms with Crippen LogP contribution in [0.4, 0.5) is 0 Å². The first-order valence-electron chi connectivity index (χ1n) is 5.58. The van der Waals surface area contributed by atoms with Gasteiger partial charge in [-0.25, -0.2) is 9.67 Å². The Hall–Kier alpha value is -0.900. The van der Waals surface area contributed by atoms with Gasteiger partial charge in [0.15, 0.2) is 0 Å². The monoisotopic (exact) mass is 192 g/mol. The van der Waals surface area contributed by atoms with Gasteiger partial charge in [-0.2, -0.15) is 5.10 Å². The molecule has 0 radical (unpaired) electrons. The average molecular weight is 192 g/mol. The summed E-state index contributed by atoms with van der Waals surface area (Å²) in [6.45, 7) is 1.13. The second-order valence-corrected chi connectivity index (χ2v) is 4.30. The van der Waals surface area contributed by atoms with E-state index in [1.807, 2.05) is 0 Å². The Morgan fingerprint density at radius 3 is 2.93 bits per heavy atom. The van der Waals surface area contributed by atoms with Gasteiger partial charge in [-0.05, 0) is 32.2 Å². The highest BCUT2D eigenvalue weighted by Crippen LogP contribution is 2.36. The molecule has 0 spiro atoms. The van der Waals surface area contributed by atoms with Crippen molar-refractivity contribution in [3.05, 3.63) is 12.2 Å². The van der Waals surface area contributed by atoms with E-state index in [0.717, 1.165) is 12.4 Å². The normalized spacial score (nSPS) is 27.9. The lowest BCUT2D eigenvalue weighted by Crippen LogP contribution is -2.29. The molecular formula is C10H16N4. The van der Waals surface area contributed by atoms with Crippen LogP contribution >= 0.6 is 0 Å². The lowest BCUT2D eigenvalue weighted by atomic mass is 10.0. The third-order valence-electron chi connectivity index (χ3n) is 3.12. The number of hydrogen-bond donors (Lipinski definition) is 1. The third-order valence-corrected chi connectivity index (χ3v) is 3.12. The Bertz CT molecular complexity index is 310. The van der Waals surface area contributed by atoms with Gasteiger partial charge in [-0.3, -0.25) is 0 Å². The molecule has 1 unspecified atom stereocenters. The van der Waals surface area contributed by atoms with Crippen molar-refractivity contribution in [2.75, 3.05) is 6.54 Å². The van der Waals surface area contributed by atoms with Crippen LogP contribution in [0.25, 0.3) is 0 Å². The van der Waals surface area contributed by atoms with Gasteiger partial charge in [0.25, 0.3) is 0 Å². The first kappa shape index (κ1) is 8.41. The highest BCUT2D eigenvalue weighted by atomic mass is 15.4. The van der Waals surface area contributed by atoms with Crippen LogP contribution in [-0.2, 0) is 0 Å². The number of piperidine rings is 1. The summed E-state index contributed by atoms with van der Waals surface area (Å²) in [4.78, 5) is 4.39. The van der Waals surface area contributed by atoms with Gasteiger partial charge in [0.1, 0.15) is 12.2 Å². The molecule has 4 nitrogen and oxygen atoms in total. The Morgan fingerprint density at radius 2 is 2.21 bits per heavy atom. The summed E-state index contributed by atoms with van der Waals surface area (Å²) in [5.41, 5.74) is 0.